The van der Waals surface area contributed by atoms with Gasteiger partial charge in [-0.2, -0.15) is 0 Å². The third-order valence-corrected chi connectivity index (χ3v) is 3.07. The van der Waals surface area contributed by atoms with Gasteiger partial charge in [0.2, 0.25) is 5.95 Å². The summed E-state index contributed by atoms with van der Waals surface area (Å²) in [4.78, 5) is 10.9. The summed E-state index contributed by atoms with van der Waals surface area (Å²) in [6, 6.07) is 0. The molecular weight excluding hydrogens is 210 g/mol. The highest BCUT2D eigenvalue weighted by molar-refractivity contribution is 6.17. The van der Waals surface area contributed by atoms with Crippen molar-refractivity contribution in [2.75, 3.05) is 23.9 Å². The number of aromatic nitrogens is 2. The fourth-order valence-electron chi connectivity index (χ4n) is 1.95. The van der Waals surface area contributed by atoms with Crippen molar-refractivity contribution in [2.45, 2.75) is 19.8 Å². The Morgan fingerprint density at radius 2 is 2.20 bits per heavy atom. The van der Waals surface area contributed by atoms with E-state index in [-0.39, 0.29) is 0 Å². The Morgan fingerprint density at radius 1 is 1.47 bits per heavy atom. The second-order valence-corrected chi connectivity index (χ2v) is 4.52. The molecule has 0 N–H and O–H groups in total. The summed E-state index contributed by atoms with van der Waals surface area (Å²) < 4.78 is 0. The molecule has 1 aromatic rings. The van der Waals surface area contributed by atoms with E-state index in [0.29, 0.717) is 5.92 Å². The van der Waals surface area contributed by atoms with E-state index in [9.17, 15) is 0 Å². The minimum absolute atomic E-state index is 0.715. The number of hydrogen-bond donors (Lipinski definition) is 0. The molecule has 15 heavy (non-hydrogen) atoms. The van der Waals surface area contributed by atoms with Crippen LogP contribution in [0.5, 0.6) is 0 Å². The van der Waals surface area contributed by atoms with E-state index in [0.717, 1.165) is 36.9 Å². The second-order valence-electron chi connectivity index (χ2n) is 4.14. The zero-order valence-corrected chi connectivity index (χ0v) is 9.74. The predicted octanol–water partition coefficient (Wildman–Crippen LogP) is 2.24. The lowest BCUT2D eigenvalue weighted by Gasteiger charge is -2.15. The SMILES string of the molecule is Cc1cnc(N2CCC(CCCl)C2)nc1. The maximum absolute atomic E-state index is 5.75. The van der Waals surface area contributed by atoms with Crippen molar-refractivity contribution < 1.29 is 0 Å². The maximum Gasteiger partial charge on any atom is 0.225 e. The van der Waals surface area contributed by atoms with Gasteiger partial charge in [-0.3, -0.25) is 0 Å². The Bertz CT molecular complexity index is 312. The first kappa shape index (κ1) is 10.7. The molecular formula is C11H16ClN3. The molecule has 1 atom stereocenters. The highest BCUT2D eigenvalue weighted by atomic mass is 35.5. The number of halogens is 1. The highest BCUT2D eigenvalue weighted by Crippen LogP contribution is 2.23. The number of anilines is 1. The molecule has 0 bridgehead atoms. The van der Waals surface area contributed by atoms with Gasteiger partial charge in [-0.15, -0.1) is 11.6 Å². The zero-order valence-electron chi connectivity index (χ0n) is 8.99. The molecule has 1 unspecified atom stereocenters. The molecule has 2 heterocycles. The van der Waals surface area contributed by atoms with Crippen molar-refractivity contribution in [2.24, 2.45) is 5.92 Å². The van der Waals surface area contributed by atoms with E-state index >= 15 is 0 Å². The van der Waals surface area contributed by atoms with Crippen molar-refractivity contribution in [3.8, 4) is 0 Å². The van der Waals surface area contributed by atoms with Gasteiger partial charge in [0.05, 0.1) is 0 Å². The van der Waals surface area contributed by atoms with Gasteiger partial charge in [-0.05, 0) is 31.2 Å². The molecule has 2 rings (SSSR count). The molecule has 1 fully saturated rings. The Kier molecular flexibility index (Phi) is 3.41. The summed E-state index contributed by atoms with van der Waals surface area (Å²) in [5.41, 5.74) is 1.11. The number of alkyl halides is 1. The van der Waals surface area contributed by atoms with Crippen LogP contribution in [0.4, 0.5) is 5.95 Å². The minimum atomic E-state index is 0.715. The van der Waals surface area contributed by atoms with Crippen molar-refractivity contribution in [3.63, 3.8) is 0 Å². The van der Waals surface area contributed by atoms with Crippen LogP contribution in [0.15, 0.2) is 12.4 Å². The van der Waals surface area contributed by atoms with Gasteiger partial charge in [-0.25, -0.2) is 9.97 Å². The first-order valence-electron chi connectivity index (χ1n) is 5.39. The zero-order chi connectivity index (χ0) is 10.7. The van der Waals surface area contributed by atoms with Crippen LogP contribution in [0.25, 0.3) is 0 Å². The molecule has 0 saturated carbocycles. The first-order valence-corrected chi connectivity index (χ1v) is 5.92. The van der Waals surface area contributed by atoms with Crippen LogP contribution >= 0.6 is 11.6 Å². The van der Waals surface area contributed by atoms with E-state index in [1.165, 1.54) is 6.42 Å². The van der Waals surface area contributed by atoms with Gasteiger partial charge in [-0.1, -0.05) is 0 Å². The fraction of sp³-hybridized carbons (Fsp3) is 0.636. The first-order chi connectivity index (χ1) is 7.29. The van der Waals surface area contributed by atoms with Crippen LogP contribution in [0.2, 0.25) is 0 Å². The summed E-state index contributed by atoms with van der Waals surface area (Å²) in [5.74, 6) is 2.33. The third-order valence-electron chi connectivity index (χ3n) is 2.85. The average molecular weight is 226 g/mol. The Hall–Kier alpha value is -0.830. The van der Waals surface area contributed by atoms with Crippen molar-refractivity contribution in [1.82, 2.24) is 9.97 Å². The summed E-state index contributed by atoms with van der Waals surface area (Å²) in [7, 11) is 0. The lowest BCUT2D eigenvalue weighted by Crippen LogP contribution is -2.22. The highest BCUT2D eigenvalue weighted by Gasteiger charge is 2.23. The number of rotatable bonds is 3. The van der Waals surface area contributed by atoms with Crippen LogP contribution in [-0.2, 0) is 0 Å². The van der Waals surface area contributed by atoms with Crippen LogP contribution in [0.3, 0.4) is 0 Å². The summed E-state index contributed by atoms with van der Waals surface area (Å²) in [6.07, 6.45) is 6.06. The van der Waals surface area contributed by atoms with E-state index < -0.39 is 0 Å². The molecule has 0 aliphatic carbocycles. The van der Waals surface area contributed by atoms with Gasteiger partial charge >= 0.3 is 0 Å². The predicted molar refractivity (Wildman–Crippen MR) is 62.4 cm³/mol. The monoisotopic (exact) mass is 225 g/mol. The molecule has 0 radical (unpaired) electrons. The molecule has 4 heteroatoms. The average Bonchev–Trinajstić information content (AvgIpc) is 2.68. The molecule has 0 spiro atoms. The fourth-order valence-corrected chi connectivity index (χ4v) is 2.26. The van der Waals surface area contributed by atoms with Crippen molar-refractivity contribution in [1.29, 1.82) is 0 Å². The minimum Gasteiger partial charge on any atom is -0.341 e. The molecule has 0 amide bonds. The number of nitrogens with zero attached hydrogens (tertiary/aromatic N) is 3. The molecule has 1 aliphatic rings. The maximum atomic E-state index is 5.75. The summed E-state index contributed by atoms with van der Waals surface area (Å²) in [6.45, 7) is 4.12. The Morgan fingerprint density at radius 3 is 2.87 bits per heavy atom. The Labute approximate surface area is 95.5 Å². The lowest BCUT2D eigenvalue weighted by atomic mass is 10.1. The normalized spacial score (nSPS) is 20.9. The standard InChI is InChI=1S/C11H16ClN3/c1-9-6-13-11(14-7-9)15-5-3-10(8-15)2-4-12/h6-7,10H,2-5,8H2,1H3. The second kappa shape index (κ2) is 4.79. The molecule has 0 aromatic carbocycles. The molecule has 1 aliphatic heterocycles. The van der Waals surface area contributed by atoms with Gasteiger partial charge in [0, 0.05) is 31.4 Å². The van der Waals surface area contributed by atoms with Crippen LogP contribution in [-0.4, -0.2) is 28.9 Å². The lowest BCUT2D eigenvalue weighted by molar-refractivity contribution is 0.571. The van der Waals surface area contributed by atoms with Crippen molar-refractivity contribution in [3.05, 3.63) is 18.0 Å². The Balaban J connectivity index is 1.98. The third kappa shape index (κ3) is 2.59. The van der Waals surface area contributed by atoms with E-state index in [4.69, 9.17) is 11.6 Å². The van der Waals surface area contributed by atoms with Crippen molar-refractivity contribution >= 4 is 17.5 Å². The van der Waals surface area contributed by atoms with E-state index in [1.807, 2.05) is 19.3 Å². The van der Waals surface area contributed by atoms with Gasteiger partial charge in [0.1, 0.15) is 0 Å². The van der Waals surface area contributed by atoms with Crippen LogP contribution < -0.4 is 4.90 Å². The van der Waals surface area contributed by atoms with E-state index in [1.54, 1.807) is 0 Å². The topological polar surface area (TPSA) is 29.0 Å². The smallest absolute Gasteiger partial charge is 0.225 e. The van der Waals surface area contributed by atoms with Gasteiger partial charge in [0.25, 0.3) is 0 Å². The molecule has 1 aromatic heterocycles. The van der Waals surface area contributed by atoms with Gasteiger partial charge in [0.15, 0.2) is 0 Å². The quantitative estimate of drug-likeness (QED) is 0.739. The summed E-state index contributed by atoms with van der Waals surface area (Å²) >= 11 is 5.75. The summed E-state index contributed by atoms with van der Waals surface area (Å²) in [5, 5.41) is 0. The van der Waals surface area contributed by atoms with E-state index in [2.05, 4.69) is 14.9 Å². The largest absolute Gasteiger partial charge is 0.341 e. The number of hydrogen-bond acceptors (Lipinski definition) is 3. The number of aryl methyl sites for hydroxylation is 1. The van der Waals surface area contributed by atoms with Crippen LogP contribution in [0, 0.1) is 12.8 Å². The van der Waals surface area contributed by atoms with Gasteiger partial charge < -0.3 is 4.90 Å². The molecule has 1 saturated heterocycles. The van der Waals surface area contributed by atoms with Crippen LogP contribution in [0.1, 0.15) is 18.4 Å². The molecule has 82 valence electrons. The molecule has 3 nitrogen and oxygen atoms in total.